The van der Waals surface area contributed by atoms with Crippen molar-refractivity contribution in [3.63, 3.8) is 0 Å². The normalized spacial score (nSPS) is 10.7. The number of benzene rings is 1. The fourth-order valence-corrected chi connectivity index (χ4v) is 2.99. The van der Waals surface area contributed by atoms with Gasteiger partial charge in [0.25, 0.3) is 0 Å². The first-order valence-electron chi connectivity index (χ1n) is 6.58. The molecule has 2 aromatic rings. The van der Waals surface area contributed by atoms with E-state index in [1.165, 1.54) is 21.6 Å². The standard InChI is InChI=1S/C16H21NOS/c1-12-4-5-15(18-3)14(10-12)6-8-17-11-16-13(2)7-9-19-16/h4-5,7,9-10,17H,6,8,11H2,1-3H3. The lowest BCUT2D eigenvalue weighted by Gasteiger charge is -2.10. The Hall–Kier alpha value is -1.32. The summed E-state index contributed by atoms with van der Waals surface area (Å²) >= 11 is 1.82. The molecule has 1 N–H and O–H groups in total. The summed E-state index contributed by atoms with van der Waals surface area (Å²) in [6, 6.07) is 8.51. The van der Waals surface area contributed by atoms with Crippen molar-refractivity contribution in [1.82, 2.24) is 5.32 Å². The Kier molecular flexibility index (Phi) is 5.00. The van der Waals surface area contributed by atoms with Crippen LogP contribution in [0.4, 0.5) is 0 Å². The molecule has 0 atom stereocenters. The lowest BCUT2D eigenvalue weighted by atomic mass is 10.1. The van der Waals surface area contributed by atoms with Crippen molar-refractivity contribution < 1.29 is 4.74 Å². The summed E-state index contributed by atoms with van der Waals surface area (Å²) in [5.74, 6) is 0.986. The van der Waals surface area contributed by atoms with E-state index in [1.807, 2.05) is 17.4 Å². The number of rotatable bonds is 6. The topological polar surface area (TPSA) is 21.3 Å². The molecular weight excluding hydrogens is 254 g/mol. The van der Waals surface area contributed by atoms with Gasteiger partial charge < -0.3 is 10.1 Å². The van der Waals surface area contributed by atoms with Gasteiger partial charge in [-0.1, -0.05) is 17.7 Å². The van der Waals surface area contributed by atoms with Crippen molar-refractivity contribution in [2.45, 2.75) is 26.8 Å². The highest BCUT2D eigenvalue weighted by atomic mass is 32.1. The van der Waals surface area contributed by atoms with E-state index in [0.717, 1.165) is 25.3 Å². The molecule has 0 fully saturated rings. The van der Waals surface area contributed by atoms with Crippen molar-refractivity contribution in [2.75, 3.05) is 13.7 Å². The second kappa shape index (κ2) is 6.73. The molecule has 2 nitrogen and oxygen atoms in total. The van der Waals surface area contributed by atoms with Crippen molar-refractivity contribution >= 4 is 11.3 Å². The lowest BCUT2D eigenvalue weighted by molar-refractivity contribution is 0.409. The average Bonchev–Trinajstić information content (AvgIpc) is 2.80. The van der Waals surface area contributed by atoms with Gasteiger partial charge in [-0.2, -0.15) is 0 Å². The summed E-state index contributed by atoms with van der Waals surface area (Å²) in [5, 5.41) is 5.65. The maximum absolute atomic E-state index is 5.40. The summed E-state index contributed by atoms with van der Waals surface area (Å²) in [4.78, 5) is 1.43. The summed E-state index contributed by atoms with van der Waals surface area (Å²) in [6.45, 7) is 6.21. The molecule has 0 aliphatic rings. The average molecular weight is 275 g/mol. The Balaban J connectivity index is 1.86. The van der Waals surface area contributed by atoms with E-state index in [0.29, 0.717) is 0 Å². The summed E-state index contributed by atoms with van der Waals surface area (Å²) in [7, 11) is 1.73. The van der Waals surface area contributed by atoms with Crippen LogP contribution in [-0.4, -0.2) is 13.7 Å². The number of ether oxygens (including phenoxy) is 1. The van der Waals surface area contributed by atoms with Crippen LogP contribution in [0.25, 0.3) is 0 Å². The minimum Gasteiger partial charge on any atom is -0.496 e. The highest BCUT2D eigenvalue weighted by molar-refractivity contribution is 7.10. The summed E-state index contributed by atoms with van der Waals surface area (Å²) in [6.07, 6.45) is 0.995. The molecule has 1 aromatic carbocycles. The van der Waals surface area contributed by atoms with Crippen LogP contribution in [0.1, 0.15) is 21.6 Å². The molecule has 0 bridgehead atoms. The van der Waals surface area contributed by atoms with Crippen LogP contribution in [0.2, 0.25) is 0 Å². The quantitative estimate of drug-likeness (QED) is 0.812. The number of nitrogens with one attached hydrogen (secondary N) is 1. The second-order valence-electron chi connectivity index (χ2n) is 4.77. The van der Waals surface area contributed by atoms with Gasteiger partial charge in [-0.05, 0) is 55.5 Å². The minimum absolute atomic E-state index is 0.956. The second-order valence-corrected chi connectivity index (χ2v) is 5.77. The summed E-state index contributed by atoms with van der Waals surface area (Å²) < 4.78 is 5.40. The zero-order valence-electron chi connectivity index (χ0n) is 11.8. The number of thiophene rings is 1. The van der Waals surface area contributed by atoms with E-state index in [2.05, 4.69) is 42.7 Å². The molecule has 0 aliphatic carbocycles. The number of hydrogen-bond acceptors (Lipinski definition) is 3. The van der Waals surface area contributed by atoms with Gasteiger partial charge in [0.15, 0.2) is 0 Å². The Bertz CT molecular complexity index is 533. The van der Waals surface area contributed by atoms with Gasteiger partial charge in [-0.25, -0.2) is 0 Å². The molecular formula is C16H21NOS. The molecule has 19 heavy (non-hydrogen) atoms. The van der Waals surface area contributed by atoms with Gasteiger partial charge in [0.05, 0.1) is 7.11 Å². The first-order valence-corrected chi connectivity index (χ1v) is 7.46. The van der Waals surface area contributed by atoms with E-state index in [4.69, 9.17) is 4.74 Å². The molecule has 0 unspecified atom stereocenters. The molecule has 0 saturated heterocycles. The van der Waals surface area contributed by atoms with Crippen LogP contribution < -0.4 is 10.1 Å². The molecule has 0 spiro atoms. The predicted molar refractivity (Wildman–Crippen MR) is 82.2 cm³/mol. The SMILES string of the molecule is COc1ccc(C)cc1CCNCc1sccc1C. The third-order valence-corrected chi connectivity index (χ3v) is 4.28. The molecule has 0 amide bonds. The Morgan fingerprint density at radius 2 is 2.05 bits per heavy atom. The highest BCUT2D eigenvalue weighted by Crippen LogP contribution is 2.20. The van der Waals surface area contributed by atoms with E-state index in [9.17, 15) is 0 Å². The fourth-order valence-electron chi connectivity index (χ4n) is 2.11. The van der Waals surface area contributed by atoms with Gasteiger partial charge in [-0.3, -0.25) is 0 Å². The third-order valence-electron chi connectivity index (χ3n) is 3.26. The third kappa shape index (κ3) is 3.82. The predicted octanol–water partition coefficient (Wildman–Crippen LogP) is 3.71. The van der Waals surface area contributed by atoms with Crippen LogP contribution >= 0.6 is 11.3 Å². The molecule has 0 radical (unpaired) electrons. The van der Waals surface area contributed by atoms with Crippen molar-refractivity contribution in [2.24, 2.45) is 0 Å². The number of methoxy groups -OCH3 is 1. The first kappa shape index (κ1) is 14.1. The van der Waals surface area contributed by atoms with Crippen LogP contribution in [0.15, 0.2) is 29.6 Å². The van der Waals surface area contributed by atoms with E-state index in [-0.39, 0.29) is 0 Å². The molecule has 0 saturated carbocycles. The molecule has 3 heteroatoms. The number of aryl methyl sites for hydroxylation is 2. The van der Waals surface area contributed by atoms with Crippen molar-refractivity contribution in [1.29, 1.82) is 0 Å². The number of hydrogen-bond donors (Lipinski definition) is 1. The molecule has 102 valence electrons. The van der Waals surface area contributed by atoms with Gasteiger partial charge >= 0.3 is 0 Å². The smallest absolute Gasteiger partial charge is 0.122 e. The van der Waals surface area contributed by atoms with E-state index in [1.54, 1.807) is 7.11 Å². The zero-order chi connectivity index (χ0) is 13.7. The highest BCUT2D eigenvalue weighted by Gasteiger charge is 2.03. The Labute approximate surface area is 119 Å². The Morgan fingerprint density at radius 1 is 1.21 bits per heavy atom. The summed E-state index contributed by atoms with van der Waals surface area (Å²) in [5.41, 5.74) is 3.94. The molecule has 0 aliphatic heterocycles. The van der Waals surface area contributed by atoms with Crippen LogP contribution in [0.3, 0.4) is 0 Å². The van der Waals surface area contributed by atoms with Gasteiger partial charge in [0, 0.05) is 11.4 Å². The molecule has 1 aromatic heterocycles. The fraction of sp³-hybridized carbons (Fsp3) is 0.375. The van der Waals surface area contributed by atoms with Gasteiger partial charge in [-0.15, -0.1) is 11.3 Å². The van der Waals surface area contributed by atoms with Gasteiger partial charge in [0.2, 0.25) is 0 Å². The maximum atomic E-state index is 5.40. The van der Waals surface area contributed by atoms with Crippen LogP contribution in [-0.2, 0) is 13.0 Å². The zero-order valence-corrected chi connectivity index (χ0v) is 12.6. The monoisotopic (exact) mass is 275 g/mol. The van der Waals surface area contributed by atoms with Crippen LogP contribution in [0.5, 0.6) is 5.75 Å². The van der Waals surface area contributed by atoms with E-state index >= 15 is 0 Å². The maximum Gasteiger partial charge on any atom is 0.122 e. The molecule has 1 heterocycles. The lowest BCUT2D eigenvalue weighted by Crippen LogP contribution is -2.16. The first-order chi connectivity index (χ1) is 9.20. The van der Waals surface area contributed by atoms with Crippen LogP contribution in [0, 0.1) is 13.8 Å². The largest absolute Gasteiger partial charge is 0.496 e. The molecule has 2 rings (SSSR count). The van der Waals surface area contributed by atoms with Gasteiger partial charge in [0.1, 0.15) is 5.75 Å². The van der Waals surface area contributed by atoms with E-state index < -0.39 is 0 Å². The van der Waals surface area contributed by atoms with Crippen molar-refractivity contribution in [3.05, 3.63) is 51.2 Å². The minimum atomic E-state index is 0.956. The Morgan fingerprint density at radius 3 is 2.74 bits per heavy atom. The van der Waals surface area contributed by atoms with Crippen molar-refractivity contribution in [3.8, 4) is 5.75 Å².